The van der Waals surface area contributed by atoms with E-state index in [0.717, 1.165) is 12.8 Å². The standard InChI is InChI=1S/C22H43N/c1-2-3-4-5-6-7-8-9-10-11-12-13-14-15-16-17-18-19-20-21-22-23/h2-21H2,1H3. The van der Waals surface area contributed by atoms with Crippen molar-refractivity contribution in [3.05, 3.63) is 0 Å². The van der Waals surface area contributed by atoms with Crippen molar-refractivity contribution in [3.63, 3.8) is 0 Å². The molecular formula is C22H43N. The lowest BCUT2D eigenvalue weighted by molar-refractivity contribution is 0.523. The van der Waals surface area contributed by atoms with E-state index in [1.54, 1.807) is 0 Å². The SMILES string of the molecule is CCCCCCCCCCCCCCCCCCCCCC#N. The molecule has 0 aliphatic heterocycles. The first kappa shape index (κ1) is 22.5. The molecule has 1 nitrogen and oxygen atoms in total. The van der Waals surface area contributed by atoms with Gasteiger partial charge in [-0.25, -0.2) is 0 Å². The van der Waals surface area contributed by atoms with E-state index < -0.39 is 0 Å². The van der Waals surface area contributed by atoms with Crippen LogP contribution in [0.15, 0.2) is 0 Å². The molecule has 0 saturated heterocycles. The fourth-order valence-electron chi connectivity index (χ4n) is 3.28. The summed E-state index contributed by atoms with van der Waals surface area (Å²) in [5.41, 5.74) is 0. The van der Waals surface area contributed by atoms with E-state index in [1.807, 2.05) is 0 Å². The molecule has 136 valence electrons. The van der Waals surface area contributed by atoms with Crippen LogP contribution in [0.25, 0.3) is 0 Å². The van der Waals surface area contributed by atoms with Crippen molar-refractivity contribution in [2.45, 2.75) is 135 Å². The van der Waals surface area contributed by atoms with Gasteiger partial charge in [-0.2, -0.15) is 5.26 Å². The van der Waals surface area contributed by atoms with Crippen LogP contribution < -0.4 is 0 Å². The van der Waals surface area contributed by atoms with Crippen LogP contribution in [0.4, 0.5) is 0 Å². The predicted octanol–water partition coefficient (Wildman–Crippen LogP) is 8.33. The molecule has 0 aliphatic rings. The molecule has 0 amide bonds. The number of rotatable bonds is 19. The van der Waals surface area contributed by atoms with Crippen LogP contribution >= 0.6 is 0 Å². The zero-order valence-electron chi connectivity index (χ0n) is 16.1. The van der Waals surface area contributed by atoms with E-state index >= 15 is 0 Å². The Morgan fingerprint density at radius 2 is 0.696 bits per heavy atom. The summed E-state index contributed by atoms with van der Waals surface area (Å²) in [7, 11) is 0. The number of hydrogen-bond acceptors (Lipinski definition) is 1. The molecule has 0 radical (unpaired) electrons. The molecule has 0 heterocycles. The lowest BCUT2D eigenvalue weighted by Gasteiger charge is -2.03. The minimum atomic E-state index is 0.749. The molecule has 1 heteroatoms. The van der Waals surface area contributed by atoms with E-state index in [0.29, 0.717) is 0 Å². The van der Waals surface area contributed by atoms with Crippen LogP contribution in [0, 0.1) is 11.3 Å². The normalized spacial score (nSPS) is 10.8. The quantitative estimate of drug-likeness (QED) is 0.219. The maximum absolute atomic E-state index is 8.46. The summed E-state index contributed by atoms with van der Waals surface area (Å²) in [5.74, 6) is 0. The fraction of sp³-hybridized carbons (Fsp3) is 0.955. The molecule has 0 spiro atoms. The minimum Gasteiger partial charge on any atom is -0.198 e. The van der Waals surface area contributed by atoms with Gasteiger partial charge in [0.25, 0.3) is 0 Å². The van der Waals surface area contributed by atoms with Gasteiger partial charge in [-0.15, -0.1) is 0 Å². The van der Waals surface area contributed by atoms with Crippen molar-refractivity contribution >= 4 is 0 Å². The Kier molecular flexibility index (Phi) is 21.0. The molecule has 23 heavy (non-hydrogen) atoms. The molecule has 0 aromatic heterocycles. The molecule has 0 fully saturated rings. The molecule has 0 N–H and O–H groups in total. The van der Waals surface area contributed by atoms with Gasteiger partial charge < -0.3 is 0 Å². The number of unbranched alkanes of at least 4 members (excludes halogenated alkanes) is 19. The van der Waals surface area contributed by atoms with Gasteiger partial charge in [0.15, 0.2) is 0 Å². The highest BCUT2D eigenvalue weighted by atomic mass is 14.2. The summed E-state index contributed by atoms with van der Waals surface area (Å²) in [6.45, 7) is 2.29. The van der Waals surface area contributed by atoms with Crippen molar-refractivity contribution < 1.29 is 0 Å². The highest BCUT2D eigenvalue weighted by molar-refractivity contribution is 4.67. The molecule has 0 saturated carbocycles. The molecular weight excluding hydrogens is 278 g/mol. The predicted molar refractivity (Wildman–Crippen MR) is 104 cm³/mol. The van der Waals surface area contributed by atoms with Gasteiger partial charge in [0.2, 0.25) is 0 Å². The smallest absolute Gasteiger partial charge is 0.0621 e. The Bertz CT molecular complexity index is 241. The largest absolute Gasteiger partial charge is 0.198 e. The van der Waals surface area contributed by atoms with Gasteiger partial charge in [-0.3, -0.25) is 0 Å². The van der Waals surface area contributed by atoms with Crippen LogP contribution in [-0.2, 0) is 0 Å². The minimum absolute atomic E-state index is 0.749. The summed E-state index contributed by atoms with van der Waals surface area (Å²) < 4.78 is 0. The van der Waals surface area contributed by atoms with Crippen LogP contribution in [-0.4, -0.2) is 0 Å². The number of nitrogens with zero attached hydrogens (tertiary/aromatic N) is 1. The van der Waals surface area contributed by atoms with Gasteiger partial charge >= 0.3 is 0 Å². The second-order valence-electron chi connectivity index (χ2n) is 7.27. The summed E-state index contributed by atoms with van der Waals surface area (Å²) in [6.07, 6.45) is 27.5. The van der Waals surface area contributed by atoms with Crippen molar-refractivity contribution in [1.29, 1.82) is 5.26 Å². The highest BCUT2D eigenvalue weighted by Gasteiger charge is 1.95. The summed E-state index contributed by atoms with van der Waals surface area (Å²) >= 11 is 0. The van der Waals surface area contributed by atoms with Crippen molar-refractivity contribution in [3.8, 4) is 6.07 Å². The van der Waals surface area contributed by atoms with Gasteiger partial charge in [-0.1, -0.05) is 122 Å². The first-order chi connectivity index (χ1) is 11.4. The van der Waals surface area contributed by atoms with Gasteiger partial charge in [0.1, 0.15) is 0 Å². The molecule has 0 aromatic carbocycles. The third-order valence-electron chi connectivity index (χ3n) is 4.89. The fourth-order valence-corrected chi connectivity index (χ4v) is 3.28. The first-order valence-corrected chi connectivity index (χ1v) is 10.8. The monoisotopic (exact) mass is 321 g/mol. The average Bonchev–Trinajstić information content (AvgIpc) is 2.57. The van der Waals surface area contributed by atoms with Crippen LogP contribution in [0.2, 0.25) is 0 Å². The second-order valence-corrected chi connectivity index (χ2v) is 7.27. The zero-order chi connectivity index (χ0) is 16.8. The maximum atomic E-state index is 8.46. The van der Waals surface area contributed by atoms with E-state index in [2.05, 4.69) is 13.0 Å². The lowest BCUT2D eigenvalue weighted by Crippen LogP contribution is -1.84. The Balaban J connectivity index is 2.94. The number of nitriles is 1. The Labute approximate surface area is 147 Å². The Morgan fingerprint density at radius 3 is 0.957 bits per heavy atom. The molecule has 0 unspecified atom stereocenters. The molecule has 0 atom stereocenters. The van der Waals surface area contributed by atoms with E-state index in [1.165, 1.54) is 116 Å². The Hall–Kier alpha value is -0.510. The van der Waals surface area contributed by atoms with Crippen molar-refractivity contribution in [1.82, 2.24) is 0 Å². The van der Waals surface area contributed by atoms with Crippen LogP contribution in [0.3, 0.4) is 0 Å². The molecule has 0 rings (SSSR count). The average molecular weight is 322 g/mol. The first-order valence-electron chi connectivity index (χ1n) is 10.8. The number of hydrogen-bond donors (Lipinski definition) is 0. The third kappa shape index (κ3) is 21.5. The topological polar surface area (TPSA) is 23.8 Å². The summed E-state index contributed by atoms with van der Waals surface area (Å²) in [4.78, 5) is 0. The van der Waals surface area contributed by atoms with E-state index in [-0.39, 0.29) is 0 Å². The summed E-state index contributed by atoms with van der Waals surface area (Å²) in [5, 5.41) is 8.46. The van der Waals surface area contributed by atoms with E-state index in [4.69, 9.17) is 5.26 Å². The molecule has 0 bridgehead atoms. The van der Waals surface area contributed by atoms with Gasteiger partial charge in [0, 0.05) is 6.42 Å². The van der Waals surface area contributed by atoms with Gasteiger partial charge in [-0.05, 0) is 6.42 Å². The third-order valence-corrected chi connectivity index (χ3v) is 4.89. The second kappa shape index (κ2) is 21.5. The van der Waals surface area contributed by atoms with Crippen molar-refractivity contribution in [2.75, 3.05) is 0 Å². The van der Waals surface area contributed by atoms with Crippen LogP contribution in [0.1, 0.15) is 135 Å². The molecule has 0 aromatic rings. The zero-order valence-corrected chi connectivity index (χ0v) is 16.1. The Morgan fingerprint density at radius 1 is 0.435 bits per heavy atom. The molecule has 0 aliphatic carbocycles. The van der Waals surface area contributed by atoms with Gasteiger partial charge in [0.05, 0.1) is 6.07 Å². The van der Waals surface area contributed by atoms with Crippen molar-refractivity contribution in [2.24, 2.45) is 0 Å². The lowest BCUT2D eigenvalue weighted by atomic mass is 10.0. The highest BCUT2D eigenvalue weighted by Crippen LogP contribution is 2.14. The maximum Gasteiger partial charge on any atom is 0.0621 e. The van der Waals surface area contributed by atoms with Crippen LogP contribution in [0.5, 0.6) is 0 Å². The summed E-state index contributed by atoms with van der Waals surface area (Å²) in [6, 6.07) is 2.22. The van der Waals surface area contributed by atoms with E-state index in [9.17, 15) is 0 Å².